The van der Waals surface area contributed by atoms with Gasteiger partial charge in [0.05, 0.1) is 66.6 Å². The van der Waals surface area contributed by atoms with Gasteiger partial charge in [0.25, 0.3) is 0 Å². The quantitative estimate of drug-likeness (QED) is 0.0416. The Bertz CT molecular complexity index is 3010. The predicted octanol–water partition coefficient (Wildman–Crippen LogP) is 12.9. The van der Waals surface area contributed by atoms with Gasteiger partial charge < -0.3 is 56.8 Å². The largest absolute Gasteiger partial charge is 0.497 e. The molecule has 2 aliphatic heterocycles. The standard InChI is InChI=1S/C69H71FO12/c1-71-58-39-37-57(38-40-58)68(82-65-63(75-44-53-29-15-5-16-30-53)61(74-43-52-27-13-4-14-28-52)59(79-67(65)70)48-72-41-50-23-9-2-10-24-50)81-62-60(49-73-42-51-25-11-3-12-26-51)80-69(78-47-56-35-21-8-22-36-56)66(77-46-55-33-19-7-20-34-55)64(62)76-45-54-31-17-6-18-32-54/h2-40,59-69H,41-49H2,1H3/t59?,60-,61?,62-,63?,64+,65+,66-,67+,68?,69-/m1/s1. The van der Waals surface area contributed by atoms with Crippen LogP contribution in [0.3, 0.4) is 0 Å². The molecular formula is C69H71FO12. The van der Waals surface area contributed by atoms with E-state index in [9.17, 15) is 0 Å². The van der Waals surface area contributed by atoms with Gasteiger partial charge in [-0.1, -0.05) is 224 Å². The SMILES string of the molecule is COc1ccc(C(O[C@H]2[C@H](OCc3ccccc3)[C@@H](OCc3ccccc3)[C@H](OCc3ccccc3)O[C@@H]2COCc2ccccc2)O[C@H]2C(OCc3ccccc3)C(OCc3ccccc3)C(COCc3ccccc3)O[C@@H]2F)cc1. The molecule has 0 amide bonds. The van der Waals surface area contributed by atoms with E-state index in [1.807, 2.05) is 224 Å². The smallest absolute Gasteiger partial charge is 0.228 e. The summed E-state index contributed by atoms with van der Waals surface area (Å²) in [6.07, 6.45) is -12.5. The van der Waals surface area contributed by atoms with Crippen LogP contribution in [0.1, 0.15) is 50.8 Å². The maximum absolute atomic E-state index is 17.8. The Kier molecular flexibility index (Phi) is 22.0. The summed E-state index contributed by atoms with van der Waals surface area (Å²) in [6, 6.07) is 76.1. The first-order valence-corrected chi connectivity index (χ1v) is 27.9. The van der Waals surface area contributed by atoms with E-state index in [2.05, 4.69) is 0 Å². The number of hydrogen-bond acceptors (Lipinski definition) is 12. The molecule has 0 radical (unpaired) electrons. The molecule has 4 unspecified atom stereocenters. The number of benzene rings is 8. The molecule has 8 aromatic carbocycles. The van der Waals surface area contributed by atoms with Crippen molar-refractivity contribution in [3.05, 3.63) is 281 Å². The van der Waals surface area contributed by atoms with E-state index in [1.54, 1.807) is 19.2 Å². The van der Waals surface area contributed by atoms with Gasteiger partial charge in [0.15, 0.2) is 12.6 Å². The van der Waals surface area contributed by atoms with Crippen molar-refractivity contribution in [3.8, 4) is 5.75 Å². The van der Waals surface area contributed by atoms with Gasteiger partial charge >= 0.3 is 0 Å². The fourth-order valence-corrected chi connectivity index (χ4v) is 10.0. The third kappa shape index (κ3) is 16.8. The van der Waals surface area contributed by atoms with Crippen LogP contribution in [-0.2, 0) is 98.4 Å². The Hall–Kier alpha value is -6.95. The lowest BCUT2D eigenvalue weighted by atomic mass is 9.97. The summed E-state index contributed by atoms with van der Waals surface area (Å²) in [7, 11) is 1.59. The molecule has 0 aliphatic carbocycles. The van der Waals surface area contributed by atoms with Gasteiger partial charge in [-0.3, -0.25) is 0 Å². The molecule has 0 bridgehead atoms. The first-order valence-electron chi connectivity index (χ1n) is 27.9. The highest BCUT2D eigenvalue weighted by Gasteiger charge is 2.53. The number of methoxy groups -OCH3 is 1. The summed E-state index contributed by atoms with van der Waals surface area (Å²) in [5, 5.41) is 0. The fourth-order valence-electron chi connectivity index (χ4n) is 10.0. The Morgan fingerprint density at radius 1 is 0.341 bits per heavy atom. The average Bonchev–Trinajstić information content (AvgIpc) is 3.70. The lowest BCUT2D eigenvalue weighted by Gasteiger charge is -2.48. The van der Waals surface area contributed by atoms with Crippen LogP contribution in [0.15, 0.2) is 237 Å². The molecule has 2 fully saturated rings. The average molecular weight is 1110 g/mol. The van der Waals surface area contributed by atoms with Gasteiger partial charge in [0.1, 0.15) is 54.6 Å². The second kappa shape index (κ2) is 30.9. The number of hydrogen-bond donors (Lipinski definition) is 0. The first kappa shape index (κ1) is 58.3. The molecule has 13 heteroatoms. The minimum atomic E-state index is -2.07. The zero-order valence-electron chi connectivity index (χ0n) is 46.0. The van der Waals surface area contributed by atoms with Crippen LogP contribution in [0.2, 0.25) is 0 Å². The second-order valence-corrected chi connectivity index (χ2v) is 20.2. The molecule has 2 aliphatic rings. The van der Waals surface area contributed by atoms with Gasteiger partial charge in [0, 0.05) is 5.56 Å². The van der Waals surface area contributed by atoms with Crippen LogP contribution in [-0.4, -0.2) is 81.8 Å². The van der Waals surface area contributed by atoms with E-state index in [4.69, 9.17) is 56.8 Å². The molecule has 0 aromatic heterocycles. The molecule has 12 nitrogen and oxygen atoms in total. The van der Waals surface area contributed by atoms with Crippen molar-refractivity contribution in [2.45, 2.75) is 114 Å². The van der Waals surface area contributed by atoms with E-state index >= 15 is 4.39 Å². The van der Waals surface area contributed by atoms with Gasteiger partial charge in [-0.2, -0.15) is 0 Å². The molecular weight excluding hydrogens is 1040 g/mol. The van der Waals surface area contributed by atoms with Gasteiger partial charge in [-0.15, -0.1) is 0 Å². The van der Waals surface area contributed by atoms with Gasteiger partial charge in [-0.05, 0) is 51.1 Å². The minimum Gasteiger partial charge on any atom is -0.497 e. The van der Waals surface area contributed by atoms with Crippen molar-refractivity contribution in [3.63, 3.8) is 0 Å². The first-order chi connectivity index (χ1) is 40.5. The Morgan fingerprint density at radius 3 is 1.07 bits per heavy atom. The van der Waals surface area contributed by atoms with Crippen molar-refractivity contribution >= 4 is 0 Å². The molecule has 0 spiro atoms. The van der Waals surface area contributed by atoms with Crippen molar-refractivity contribution in [1.82, 2.24) is 0 Å². The normalized spacial score (nSPS) is 23.0. The molecule has 8 aromatic rings. The van der Waals surface area contributed by atoms with Crippen LogP contribution in [0, 0.1) is 0 Å². The lowest BCUT2D eigenvalue weighted by molar-refractivity contribution is -0.365. The Balaban J connectivity index is 1.04. The van der Waals surface area contributed by atoms with Crippen molar-refractivity contribution in [2.75, 3.05) is 20.3 Å². The highest BCUT2D eigenvalue weighted by molar-refractivity contribution is 5.28. The summed E-state index contributed by atoms with van der Waals surface area (Å²) in [6.45, 7) is 1.40. The van der Waals surface area contributed by atoms with Crippen LogP contribution >= 0.6 is 0 Å². The molecule has 10 rings (SSSR count). The minimum absolute atomic E-state index is 0.00646. The number of alkyl halides is 1. The maximum Gasteiger partial charge on any atom is 0.228 e. The summed E-state index contributed by atoms with van der Waals surface area (Å²) in [5.74, 6) is 0.591. The number of ether oxygens (including phenoxy) is 12. The topological polar surface area (TPSA) is 111 Å². The highest BCUT2D eigenvalue weighted by atomic mass is 19.1. The molecule has 426 valence electrons. The monoisotopic (exact) mass is 1110 g/mol. The number of rotatable bonds is 29. The van der Waals surface area contributed by atoms with Gasteiger partial charge in [0.2, 0.25) is 6.36 Å². The van der Waals surface area contributed by atoms with E-state index in [0.29, 0.717) is 11.3 Å². The Labute approximate surface area is 480 Å². The molecule has 11 atom stereocenters. The number of halogens is 1. The maximum atomic E-state index is 17.8. The van der Waals surface area contributed by atoms with Crippen molar-refractivity contribution < 1.29 is 61.2 Å². The summed E-state index contributed by atoms with van der Waals surface area (Å²) >= 11 is 0. The van der Waals surface area contributed by atoms with Crippen LogP contribution < -0.4 is 4.74 Å². The van der Waals surface area contributed by atoms with E-state index < -0.39 is 67.8 Å². The predicted molar refractivity (Wildman–Crippen MR) is 307 cm³/mol. The highest BCUT2D eigenvalue weighted by Crippen LogP contribution is 2.39. The lowest BCUT2D eigenvalue weighted by Crippen LogP contribution is -2.63. The Morgan fingerprint density at radius 2 is 0.671 bits per heavy atom. The third-order valence-corrected chi connectivity index (χ3v) is 14.3. The molecule has 82 heavy (non-hydrogen) atoms. The van der Waals surface area contributed by atoms with E-state index in [1.165, 1.54) is 0 Å². The summed E-state index contributed by atoms with van der Waals surface area (Å²) in [4.78, 5) is 0. The van der Waals surface area contributed by atoms with Crippen molar-refractivity contribution in [2.24, 2.45) is 0 Å². The fraction of sp³-hybridized carbons (Fsp3) is 0.304. The zero-order chi connectivity index (χ0) is 56.0. The molecule has 2 heterocycles. The zero-order valence-corrected chi connectivity index (χ0v) is 46.0. The van der Waals surface area contributed by atoms with Gasteiger partial charge in [-0.25, -0.2) is 4.39 Å². The van der Waals surface area contributed by atoms with E-state index in [-0.39, 0.29) is 59.5 Å². The molecule has 0 saturated carbocycles. The van der Waals surface area contributed by atoms with Crippen molar-refractivity contribution in [1.29, 1.82) is 0 Å². The van der Waals surface area contributed by atoms with Crippen LogP contribution in [0.25, 0.3) is 0 Å². The molecule has 0 N–H and O–H groups in total. The van der Waals surface area contributed by atoms with Crippen LogP contribution in [0.5, 0.6) is 5.75 Å². The summed E-state index contributed by atoms with van der Waals surface area (Å²) < 4.78 is 99.0. The second-order valence-electron chi connectivity index (χ2n) is 20.2. The summed E-state index contributed by atoms with van der Waals surface area (Å²) in [5.41, 5.74) is 7.00. The van der Waals surface area contributed by atoms with E-state index in [0.717, 1.165) is 38.9 Å². The van der Waals surface area contributed by atoms with Crippen LogP contribution in [0.4, 0.5) is 4.39 Å². The molecule has 2 saturated heterocycles. The third-order valence-electron chi connectivity index (χ3n) is 14.3.